The van der Waals surface area contributed by atoms with E-state index in [1.54, 1.807) is 6.92 Å². The van der Waals surface area contributed by atoms with Gasteiger partial charge in [0.05, 0.1) is 6.61 Å². The lowest BCUT2D eigenvalue weighted by molar-refractivity contribution is -0.145. The summed E-state index contributed by atoms with van der Waals surface area (Å²) in [6.45, 7) is 4.78. The lowest BCUT2D eigenvalue weighted by Gasteiger charge is -2.04. The Morgan fingerprint density at radius 3 is 2.57 bits per heavy atom. The van der Waals surface area contributed by atoms with Crippen LogP contribution in [-0.2, 0) is 14.3 Å². The van der Waals surface area contributed by atoms with E-state index in [1.165, 1.54) is 0 Å². The number of unbranched alkanes of at least 4 members (excludes halogenated alkanes) is 2. The molecule has 84 valence electrons. The smallest absolute Gasteiger partial charge is 0.315 e. The molecule has 0 heterocycles. The molecule has 4 heteroatoms. The van der Waals surface area contributed by atoms with Crippen LogP contribution in [-0.4, -0.2) is 25.0 Å². The van der Waals surface area contributed by atoms with Crippen molar-refractivity contribution in [2.24, 2.45) is 0 Å². The molecule has 0 atom stereocenters. The van der Waals surface area contributed by atoms with Gasteiger partial charge in [0.2, 0.25) is 5.91 Å². The second-order valence-corrected chi connectivity index (χ2v) is 3.04. The fraction of sp³-hybridized carbons (Fsp3) is 0.800. The van der Waals surface area contributed by atoms with E-state index in [9.17, 15) is 9.59 Å². The molecule has 0 fully saturated rings. The third kappa shape index (κ3) is 7.58. The quantitative estimate of drug-likeness (QED) is 0.387. The molecular weight excluding hydrogens is 182 g/mol. The van der Waals surface area contributed by atoms with Gasteiger partial charge in [0, 0.05) is 7.97 Å². The first-order valence-corrected chi connectivity index (χ1v) is 5.13. The highest BCUT2D eigenvalue weighted by molar-refractivity contribution is 5.94. The molecule has 0 saturated carbocycles. The highest BCUT2D eigenvalue weighted by Gasteiger charge is 2.08. The van der Waals surface area contributed by atoms with E-state index < -0.39 is 5.97 Å². The summed E-state index contributed by atoms with van der Waals surface area (Å²) in [6.07, 6.45) is 3.01. The Morgan fingerprint density at radius 1 is 1.29 bits per heavy atom. The number of amides is 1. The van der Waals surface area contributed by atoms with E-state index >= 15 is 0 Å². The zero-order valence-corrected chi connectivity index (χ0v) is 8.97. The summed E-state index contributed by atoms with van der Waals surface area (Å²) in [6, 6.07) is 0. The maximum atomic E-state index is 11.1. The molecule has 4 nitrogen and oxygen atoms in total. The highest BCUT2D eigenvalue weighted by atomic mass is 16.5. The van der Waals surface area contributed by atoms with Crippen molar-refractivity contribution in [3.63, 3.8) is 0 Å². The molecule has 0 spiro atoms. The van der Waals surface area contributed by atoms with Crippen molar-refractivity contribution in [2.45, 2.75) is 39.5 Å². The van der Waals surface area contributed by atoms with Crippen molar-refractivity contribution >= 4 is 11.9 Å². The monoisotopic (exact) mass is 203 g/mol. The zero-order valence-electron chi connectivity index (χ0n) is 8.97. The number of rotatable bonds is 7. The van der Waals surface area contributed by atoms with Crippen LogP contribution < -0.4 is 5.32 Å². The fourth-order valence-electron chi connectivity index (χ4n) is 1.01. The predicted octanol–water partition coefficient (Wildman–Crippen LogP) is 1.49. The van der Waals surface area contributed by atoms with Crippen LogP contribution in [0, 0.1) is 0 Å². The number of carbonyl (C=O) groups excluding carboxylic acids is 2. The van der Waals surface area contributed by atoms with Gasteiger partial charge in [-0.15, -0.1) is 0 Å². The number of esters is 1. The summed E-state index contributed by atoms with van der Waals surface area (Å²) < 4.78 is 4.64. The minimum atomic E-state index is -0.458. The van der Waals surface area contributed by atoms with Gasteiger partial charge in [-0.05, 0) is 13.3 Å². The Labute approximate surface area is 86.5 Å². The van der Waals surface area contributed by atoms with Crippen molar-refractivity contribution in [3.8, 4) is 0 Å². The summed E-state index contributed by atoms with van der Waals surface area (Å²) in [7, 11) is 0. The third-order valence-electron chi connectivity index (χ3n) is 1.71. The summed E-state index contributed by atoms with van der Waals surface area (Å²) >= 11 is 0. The molecule has 0 bridgehead atoms. The number of nitrogens with one attached hydrogen (secondary N) is 1. The topological polar surface area (TPSA) is 55.4 Å². The van der Waals surface area contributed by atoms with Gasteiger partial charge in [-0.25, -0.2) is 0 Å². The Hall–Kier alpha value is -1.06. The van der Waals surface area contributed by atoms with Crippen molar-refractivity contribution in [2.75, 3.05) is 13.2 Å². The molecule has 0 aromatic carbocycles. The molecule has 0 aromatic rings. The first-order valence-electron chi connectivity index (χ1n) is 5.13. The van der Waals surface area contributed by atoms with Crippen LogP contribution in [0.4, 0.5) is 0 Å². The molecule has 0 aromatic heterocycles. The SMILES string of the molecule is CCCCCNC(=O)CC(=O)OCC.[HH]. The first-order chi connectivity index (χ1) is 6.70. The van der Waals surface area contributed by atoms with Crippen LogP contribution in [0.3, 0.4) is 0 Å². The maximum Gasteiger partial charge on any atom is 0.315 e. The first kappa shape index (κ1) is 12.9. The average Bonchev–Trinajstić information content (AvgIpc) is 2.13. The lowest BCUT2D eigenvalue weighted by atomic mass is 10.2. The Morgan fingerprint density at radius 2 is 2.00 bits per heavy atom. The van der Waals surface area contributed by atoms with Gasteiger partial charge in [0.15, 0.2) is 0 Å². The Bertz CT molecular complexity index is 186. The molecule has 0 rings (SSSR count). The molecule has 0 radical (unpaired) electrons. The molecule has 14 heavy (non-hydrogen) atoms. The molecule has 0 saturated heterocycles. The van der Waals surface area contributed by atoms with E-state index in [2.05, 4.69) is 17.0 Å². The van der Waals surface area contributed by atoms with Gasteiger partial charge in [-0.3, -0.25) is 9.59 Å². The normalized spacial score (nSPS) is 9.57. The third-order valence-corrected chi connectivity index (χ3v) is 1.71. The number of ether oxygens (including phenoxy) is 1. The molecular formula is C10H21NO3. The minimum Gasteiger partial charge on any atom is -0.466 e. The van der Waals surface area contributed by atoms with E-state index in [4.69, 9.17) is 0 Å². The second-order valence-electron chi connectivity index (χ2n) is 3.04. The zero-order chi connectivity index (χ0) is 10.8. The summed E-state index contributed by atoms with van der Waals surface area (Å²) in [5.41, 5.74) is 0. The molecule has 1 N–H and O–H groups in total. The van der Waals surface area contributed by atoms with Crippen LogP contribution in [0.2, 0.25) is 0 Å². The van der Waals surface area contributed by atoms with Crippen LogP contribution >= 0.6 is 0 Å². The molecule has 0 aliphatic heterocycles. The molecule has 0 aliphatic rings. The van der Waals surface area contributed by atoms with Gasteiger partial charge in [0.25, 0.3) is 0 Å². The van der Waals surface area contributed by atoms with E-state index in [-0.39, 0.29) is 13.8 Å². The number of carbonyl (C=O) groups is 2. The average molecular weight is 203 g/mol. The lowest BCUT2D eigenvalue weighted by Crippen LogP contribution is -2.27. The summed E-state index contributed by atoms with van der Waals surface area (Å²) in [5, 5.41) is 2.67. The van der Waals surface area contributed by atoms with Crippen molar-refractivity contribution < 1.29 is 15.8 Å². The standard InChI is InChI=1S/C10H19NO3.H2/c1-3-5-6-7-11-9(12)8-10(13)14-4-2;/h3-8H2,1-2H3,(H,11,12);1H. The van der Waals surface area contributed by atoms with Gasteiger partial charge in [0.1, 0.15) is 6.42 Å². The second kappa shape index (κ2) is 8.53. The number of hydrogen-bond acceptors (Lipinski definition) is 3. The van der Waals surface area contributed by atoms with Crippen LogP contribution in [0.15, 0.2) is 0 Å². The van der Waals surface area contributed by atoms with E-state index in [0.29, 0.717) is 13.2 Å². The van der Waals surface area contributed by atoms with Gasteiger partial charge >= 0.3 is 5.97 Å². The molecule has 1 amide bonds. The van der Waals surface area contributed by atoms with Gasteiger partial charge in [-0.1, -0.05) is 19.8 Å². The molecule has 0 aliphatic carbocycles. The number of hydrogen-bond donors (Lipinski definition) is 1. The predicted molar refractivity (Wildman–Crippen MR) is 55.9 cm³/mol. The largest absolute Gasteiger partial charge is 0.466 e. The Balaban J connectivity index is 0. The highest BCUT2D eigenvalue weighted by Crippen LogP contribution is 1.92. The Kier molecular flexibility index (Phi) is 7.89. The minimum absolute atomic E-state index is 0. The van der Waals surface area contributed by atoms with Crippen LogP contribution in [0.1, 0.15) is 41.0 Å². The van der Waals surface area contributed by atoms with Crippen LogP contribution in [0.5, 0.6) is 0 Å². The van der Waals surface area contributed by atoms with E-state index in [1.807, 2.05) is 0 Å². The van der Waals surface area contributed by atoms with Gasteiger partial charge < -0.3 is 10.1 Å². The van der Waals surface area contributed by atoms with E-state index in [0.717, 1.165) is 19.3 Å². The van der Waals surface area contributed by atoms with Crippen LogP contribution in [0.25, 0.3) is 0 Å². The van der Waals surface area contributed by atoms with Crippen molar-refractivity contribution in [1.82, 2.24) is 5.32 Å². The fourth-order valence-corrected chi connectivity index (χ4v) is 1.01. The maximum absolute atomic E-state index is 11.1. The van der Waals surface area contributed by atoms with Gasteiger partial charge in [-0.2, -0.15) is 0 Å². The summed E-state index contributed by atoms with van der Waals surface area (Å²) in [5.74, 6) is -0.708. The van der Waals surface area contributed by atoms with Crippen molar-refractivity contribution in [1.29, 1.82) is 0 Å². The van der Waals surface area contributed by atoms with Crippen molar-refractivity contribution in [3.05, 3.63) is 0 Å². The summed E-state index contributed by atoms with van der Waals surface area (Å²) in [4.78, 5) is 21.9. The molecule has 0 unspecified atom stereocenters.